The third-order valence-electron chi connectivity index (χ3n) is 3.39. The highest BCUT2D eigenvalue weighted by molar-refractivity contribution is 5.96. The van der Waals surface area contributed by atoms with Gasteiger partial charge in [0.05, 0.1) is 6.54 Å². The number of halogens is 2. The van der Waals surface area contributed by atoms with Gasteiger partial charge in [0.1, 0.15) is 0 Å². The minimum Gasteiger partial charge on any atom is -0.336 e. The molecule has 0 atom stereocenters. The highest BCUT2D eigenvalue weighted by Gasteiger charge is 2.20. The summed E-state index contributed by atoms with van der Waals surface area (Å²) < 4.78 is 0. The van der Waals surface area contributed by atoms with Gasteiger partial charge >= 0.3 is 0 Å². The second-order valence-electron chi connectivity index (χ2n) is 4.93. The van der Waals surface area contributed by atoms with Crippen molar-refractivity contribution in [3.8, 4) is 0 Å². The van der Waals surface area contributed by atoms with Crippen LogP contribution >= 0.6 is 24.8 Å². The van der Waals surface area contributed by atoms with Crippen molar-refractivity contribution < 1.29 is 9.59 Å². The Morgan fingerprint density at radius 2 is 1.64 bits per heavy atom. The third-order valence-corrected chi connectivity index (χ3v) is 3.39. The van der Waals surface area contributed by atoms with Gasteiger partial charge in [-0.2, -0.15) is 0 Å². The molecule has 1 aromatic rings. The maximum absolute atomic E-state index is 12.3. The number of anilines is 1. The van der Waals surface area contributed by atoms with Crippen molar-refractivity contribution in [1.82, 2.24) is 9.80 Å². The van der Waals surface area contributed by atoms with Crippen molar-refractivity contribution >= 4 is 42.3 Å². The van der Waals surface area contributed by atoms with Crippen LogP contribution in [0, 0.1) is 0 Å². The Bertz CT molecular complexity index is 488. The van der Waals surface area contributed by atoms with Gasteiger partial charge in [-0.05, 0) is 31.3 Å². The minimum absolute atomic E-state index is 0. The molecule has 2 rings (SSSR count). The fourth-order valence-electron chi connectivity index (χ4n) is 2.10. The topological polar surface area (TPSA) is 78.7 Å². The van der Waals surface area contributed by atoms with E-state index in [9.17, 15) is 9.59 Å². The van der Waals surface area contributed by atoms with Crippen LogP contribution in [0.25, 0.3) is 0 Å². The number of carbonyl (C=O) groups excluding carboxylic acids is 2. The van der Waals surface area contributed by atoms with Gasteiger partial charge in [-0.15, -0.1) is 24.8 Å². The zero-order chi connectivity index (χ0) is 14.5. The van der Waals surface area contributed by atoms with Gasteiger partial charge in [-0.25, -0.2) is 0 Å². The van der Waals surface area contributed by atoms with Gasteiger partial charge < -0.3 is 20.9 Å². The smallest absolute Gasteiger partial charge is 0.253 e. The zero-order valence-electron chi connectivity index (χ0n) is 12.4. The first-order valence-corrected chi connectivity index (χ1v) is 6.68. The normalized spacial score (nSPS) is 14.5. The lowest BCUT2D eigenvalue weighted by molar-refractivity contribution is -0.114. The lowest BCUT2D eigenvalue weighted by Crippen LogP contribution is -2.47. The number of nitrogens with two attached hydrogens (primary N) is 1. The first-order valence-electron chi connectivity index (χ1n) is 6.68. The van der Waals surface area contributed by atoms with Crippen molar-refractivity contribution in [3.05, 3.63) is 29.8 Å². The second kappa shape index (κ2) is 9.63. The van der Waals surface area contributed by atoms with Crippen molar-refractivity contribution in [3.63, 3.8) is 0 Å². The number of hydrogen-bond donors (Lipinski definition) is 2. The largest absolute Gasteiger partial charge is 0.336 e. The van der Waals surface area contributed by atoms with Crippen LogP contribution in [-0.2, 0) is 4.79 Å². The fraction of sp³-hybridized carbons (Fsp3) is 0.429. The molecular formula is C14H22Cl2N4O2. The molecule has 2 amide bonds. The third kappa shape index (κ3) is 5.46. The predicted octanol–water partition coefficient (Wildman–Crippen LogP) is 0.815. The van der Waals surface area contributed by atoms with Gasteiger partial charge in [0.15, 0.2) is 0 Å². The quantitative estimate of drug-likeness (QED) is 0.847. The number of carbonyl (C=O) groups is 2. The van der Waals surface area contributed by atoms with E-state index in [-0.39, 0.29) is 43.2 Å². The zero-order valence-corrected chi connectivity index (χ0v) is 14.1. The number of rotatable bonds is 3. The highest BCUT2D eigenvalue weighted by Crippen LogP contribution is 2.12. The maximum Gasteiger partial charge on any atom is 0.253 e. The van der Waals surface area contributed by atoms with Crippen LogP contribution in [0.3, 0.4) is 0 Å². The predicted molar refractivity (Wildman–Crippen MR) is 92.0 cm³/mol. The van der Waals surface area contributed by atoms with E-state index in [0.29, 0.717) is 11.3 Å². The van der Waals surface area contributed by atoms with Gasteiger partial charge in [-0.1, -0.05) is 0 Å². The van der Waals surface area contributed by atoms with Crippen molar-refractivity contribution in [1.29, 1.82) is 0 Å². The minimum atomic E-state index is -0.247. The Kier molecular flexibility index (Phi) is 9.04. The Balaban J connectivity index is 0.00000220. The molecule has 8 heteroatoms. The van der Waals surface area contributed by atoms with Gasteiger partial charge in [0.25, 0.3) is 5.91 Å². The summed E-state index contributed by atoms with van der Waals surface area (Å²) in [4.78, 5) is 27.5. The number of nitrogens with zero attached hydrogens (tertiary/aromatic N) is 2. The number of nitrogens with one attached hydrogen (secondary N) is 1. The molecule has 1 heterocycles. The summed E-state index contributed by atoms with van der Waals surface area (Å²) >= 11 is 0. The average Bonchev–Trinajstić information content (AvgIpc) is 2.48. The van der Waals surface area contributed by atoms with Crippen molar-refractivity contribution in [2.75, 3.05) is 45.1 Å². The van der Waals surface area contributed by atoms with E-state index >= 15 is 0 Å². The second-order valence-corrected chi connectivity index (χ2v) is 4.93. The van der Waals surface area contributed by atoms with E-state index in [1.807, 2.05) is 4.90 Å². The molecule has 0 aromatic heterocycles. The molecule has 1 aliphatic heterocycles. The molecule has 1 aromatic carbocycles. The van der Waals surface area contributed by atoms with E-state index in [2.05, 4.69) is 17.3 Å². The summed E-state index contributed by atoms with van der Waals surface area (Å²) in [7, 11) is 2.05. The molecule has 0 bridgehead atoms. The van der Waals surface area contributed by atoms with Crippen LogP contribution in [0.15, 0.2) is 24.3 Å². The van der Waals surface area contributed by atoms with Crippen molar-refractivity contribution in [2.45, 2.75) is 0 Å². The molecule has 1 aliphatic rings. The number of amides is 2. The van der Waals surface area contributed by atoms with Crippen LogP contribution in [0.4, 0.5) is 5.69 Å². The van der Waals surface area contributed by atoms with E-state index in [4.69, 9.17) is 5.73 Å². The SMILES string of the molecule is CN1CCN(C(=O)c2ccc(NC(=O)CN)cc2)CC1.Cl.Cl. The molecule has 22 heavy (non-hydrogen) atoms. The Morgan fingerprint density at radius 1 is 1.09 bits per heavy atom. The van der Waals surface area contributed by atoms with Gasteiger partial charge in [-0.3, -0.25) is 9.59 Å². The van der Waals surface area contributed by atoms with Gasteiger partial charge in [0.2, 0.25) is 5.91 Å². The highest BCUT2D eigenvalue weighted by atomic mass is 35.5. The Hall–Kier alpha value is -1.34. The first kappa shape index (κ1) is 20.7. The van der Waals surface area contributed by atoms with Crippen LogP contribution in [0.5, 0.6) is 0 Å². The monoisotopic (exact) mass is 348 g/mol. The number of hydrogen-bond acceptors (Lipinski definition) is 4. The molecule has 0 saturated carbocycles. The van der Waals surface area contributed by atoms with Crippen LogP contribution in [0.1, 0.15) is 10.4 Å². The van der Waals surface area contributed by atoms with Crippen molar-refractivity contribution in [2.24, 2.45) is 5.73 Å². The molecule has 0 unspecified atom stereocenters. The number of piperazine rings is 1. The summed E-state index contributed by atoms with van der Waals surface area (Å²) in [5.74, 6) is -0.210. The molecule has 6 nitrogen and oxygen atoms in total. The fourth-order valence-corrected chi connectivity index (χ4v) is 2.10. The van der Waals surface area contributed by atoms with Crippen LogP contribution in [0.2, 0.25) is 0 Å². The Morgan fingerprint density at radius 3 is 2.14 bits per heavy atom. The lowest BCUT2D eigenvalue weighted by atomic mass is 10.1. The Labute approximate surface area is 142 Å². The van der Waals surface area contributed by atoms with E-state index in [1.54, 1.807) is 24.3 Å². The molecule has 3 N–H and O–H groups in total. The summed E-state index contributed by atoms with van der Waals surface area (Å²) in [6.07, 6.45) is 0. The molecule has 1 saturated heterocycles. The summed E-state index contributed by atoms with van der Waals surface area (Å²) in [5, 5.41) is 2.65. The summed E-state index contributed by atoms with van der Waals surface area (Å²) in [5.41, 5.74) is 6.52. The number of benzene rings is 1. The summed E-state index contributed by atoms with van der Waals surface area (Å²) in [6.45, 7) is 3.25. The molecule has 0 aliphatic carbocycles. The molecule has 1 fully saturated rings. The molecule has 0 radical (unpaired) electrons. The van der Waals surface area contributed by atoms with Crippen LogP contribution in [-0.4, -0.2) is 61.4 Å². The van der Waals surface area contributed by atoms with Crippen LogP contribution < -0.4 is 11.1 Å². The average molecular weight is 349 g/mol. The molecule has 0 spiro atoms. The van der Waals surface area contributed by atoms with Gasteiger partial charge in [0, 0.05) is 37.4 Å². The standard InChI is InChI=1S/C14H20N4O2.2ClH/c1-17-6-8-18(9-7-17)14(20)11-2-4-12(5-3-11)16-13(19)10-15;;/h2-5H,6-10,15H2,1H3,(H,16,19);2*1H. The van der Waals surface area contributed by atoms with E-state index in [0.717, 1.165) is 26.2 Å². The molecule has 124 valence electrons. The van der Waals surface area contributed by atoms with E-state index < -0.39 is 0 Å². The lowest BCUT2D eigenvalue weighted by Gasteiger charge is -2.32. The maximum atomic E-state index is 12.3. The first-order chi connectivity index (χ1) is 9.60. The molecular weight excluding hydrogens is 327 g/mol. The summed E-state index contributed by atoms with van der Waals surface area (Å²) in [6, 6.07) is 6.90. The van der Waals surface area contributed by atoms with E-state index in [1.165, 1.54) is 0 Å². The number of likely N-dealkylation sites (N-methyl/N-ethyl adjacent to an activating group) is 1.